The van der Waals surface area contributed by atoms with Crippen molar-refractivity contribution in [2.75, 3.05) is 25.4 Å². The van der Waals surface area contributed by atoms with Crippen LogP contribution in [0.4, 0.5) is 0 Å². The van der Waals surface area contributed by atoms with Gasteiger partial charge in [0.15, 0.2) is 0 Å². The minimum atomic E-state index is 0.00948. The van der Waals surface area contributed by atoms with Crippen molar-refractivity contribution < 1.29 is 4.79 Å². The molecule has 0 radical (unpaired) electrons. The lowest BCUT2D eigenvalue weighted by atomic mass is 10.1. The molecule has 0 spiro atoms. The predicted molar refractivity (Wildman–Crippen MR) is 90.9 cm³/mol. The van der Waals surface area contributed by atoms with Crippen molar-refractivity contribution in [3.63, 3.8) is 0 Å². The molecule has 23 heavy (non-hydrogen) atoms. The van der Waals surface area contributed by atoms with E-state index in [1.54, 1.807) is 24.2 Å². The molecule has 6 nitrogen and oxygen atoms in total. The number of thioether (sulfide) groups is 1. The molecular formula is C16H21N5OS. The first-order chi connectivity index (χ1) is 11.3. The molecular weight excluding hydrogens is 310 g/mol. The molecule has 0 saturated carbocycles. The third kappa shape index (κ3) is 3.92. The highest BCUT2D eigenvalue weighted by Gasteiger charge is 2.30. The van der Waals surface area contributed by atoms with Gasteiger partial charge in [0.25, 0.3) is 0 Å². The minimum absolute atomic E-state index is 0.00948. The monoisotopic (exact) mass is 331 g/mol. The van der Waals surface area contributed by atoms with E-state index >= 15 is 0 Å². The normalized spacial score (nSPS) is 18.1. The van der Waals surface area contributed by atoms with E-state index < -0.39 is 0 Å². The Bertz CT molecular complexity index is 645. The molecule has 0 aromatic carbocycles. The lowest BCUT2D eigenvalue weighted by Gasteiger charge is -2.35. The molecule has 1 amide bonds. The molecule has 3 rings (SSSR count). The van der Waals surface area contributed by atoms with Crippen LogP contribution in [0.15, 0.2) is 36.9 Å². The largest absolute Gasteiger partial charge is 0.336 e. The Hall–Kier alpha value is -1.86. The summed E-state index contributed by atoms with van der Waals surface area (Å²) < 4.78 is 1.99. The second-order valence-corrected chi connectivity index (χ2v) is 6.54. The molecule has 122 valence electrons. The summed E-state index contributed by atoms with van der Waals surface area (Å²) in [6, 6.07) is 3.96. The number of aryl methyl sites for hydroxylation is 1. The summed E-state index contributed by atoms with van der Waals surface area (Å²) in [4.78, 5) is 23.1. The molecule has 1 N–H and O–H groups in total. The van der Waals surface area contributed by atoms with Crippen LogP contribution in [0.2, 0.25) is 0 Å². The van der Waals surface area contributed by atoms with E-state index in [9.17, 15) is 4.79 Å². The van der Waals surface area contributed by atoms with Crippen molar-refractivity contribution in [1.29, 1.82) is 0 Å². The second kappa shape index (κ2) is 7.61. The molecule has 2 aromatic heterocycles. The lowest BCUT2D eigenvalue weighted by molar-refractivity contribution is -0.131. The second-order valence-electron chi connectivity index (χ2n) is 5.56. The topological polar surface area (TPSA) is 63.1 Å². The maximum absolute atomic E-state index is 12.6. The quantitative estimate of drug-likeness (QED) is 0.893. The zero-order valence-electron chi connectivity index (χ0n) is 13.2. The van der Waals surface area contributed by atoms with Crippen LogP contribution in [0.3, 0.4) is 0 Å². The van der Waals surface area contributed by atoms with E-state index in [2.05, 4.69) is 15.3 Å². The number of amides is 1. The Morgan fingerprint density at radius 3 is 3.13 bits per heavy atom. The molecule has 1 saturated heterocycles. The van der Waals surface area contributed by atoms with Crippen molar-refractivity contribution in [2.45, 2.75) is 11.8 Å². The van der Waals surface area contributed by atoms with Gasteiger partial charge in [-0.15, -0.1) is 11.8 Å². The van der Waals surface area contributed by atoms with E-state index in [-0.39, 0.29) is 11.9 Å². The van der Waals surface area contributed by atoms with Gasteiger partial charge in [-0.2, -0.15) is 0 Å². The predicted octanol–water partition coefficient (Wildman–Crippen LogP) is 1.22. The molecule has 1 fully saturated rings. The summed E-state index contributed by atoms with van der Waals surface area (Å²) >= 11 is 1.63. The summed E-state index contributed by atoms with van der Waals surface area (Å²) in [5.41, 5.74) is 1.14. The summed E-state index contributed by atoms with van der Waals surface area (Å²) in [5, 5.41) is 3.35. The fourth-order valence-corrected chi connectivity index (χ4v) is 3.60. The fraction of sp³-hybridized carbons (Fsp3) is 0.438. The summed E-state index contributed by atoms with van der Waals surface area (Å²) in [6.45, 7) is 2.31. The van der Waals surface area contributed by atoms with Gasteiger partial charge in [0.2, 0.25) is 5.91 Å². The van der Waals surface area contributed by atoms with Crippen LogP contribution in [-0.4, -0.2) is 50.7 Å². The number of hydrogen-bond donors (Lipinski definition) is 1. The van der Waals surface area contributed by atoms with E-state index in [1.165, 1.54) is 0 Å². The Morgan fingerprint density at radius 1 is 1.48 bits per heavy atom. The minimum Gasteiger partial charge on any atom is -0.336 e. The number of nitrogens with one attached hydrogen (secondary N) is 1. The molecule has 7 heteroatoms. The number of hydrogen-bond acceptors (Lipinski definition) is 5. The van der Waals surface area contributed by atoms with Gasteiger partial charge in [-0.1, -0.05) is 6.07 Å². The summed E-state index contributed by atoms with van der Waals surface area (Å²) in [7, 11) is 1.97. The first kappa shape index (κ1) is 16.0. The molecule has 1 aliphatic rings. The highest BCUT2D eigenvalue weighted by Crippen LogP contribution is 2.22. The first-order valence-electron chi connectivity index (χ1n) is 7.70. The average Bonchev–Trinajstić information content (AvgIpc) is 3.01. The molecule has 1 aliphatic heterocycles. The average molecular weight is 331 g/mol. The number of pyridine rings is 1. The maximum atomic E-state index is 12.6. The first-order valence-corrected chi connectivity index (χ1v) is 8.85. The van der Waals surface area contributed by atoms with Gasteiger partial charge < -0.3 is 14.8 Å². The van der Waals surface area contributed by atoms with Gasteiger partial charge in [-0.05, 0) is 11.6 Å². The number of imidazole rings is 1. The van der Waals surface area contributed by atoms with E-state index in [4.69, 9.17) is 0 Å². The number of carbonyl (C=O) groups is 1. The summed E-state index contributed by atoms with van der Waals surface area (Å²) in [5.74, 6) is 2.39. The van der Waals surface area contributed by atoms with Crippen molar-refractivity contribution in [1.82, 2.24) is 24.8 Å². The number of aromatic nitrogens is 3. The zero-order chi connectivity index (χ0) is 16.1. The third-order valence-corrected chi connectivity index (χ3v) is 4.93. The van der Waals surface area contributed by atoms with Gasteiger partial charge in [-0.25, -0.2) is 4.98 Å². The SMILES string of the molecule is Cn1ccnc1C1CNCCN1C(=O)CSCc1cccnc1. The number of rotatable bonds is 5. The maximum Gasteiger partial charge on any atom is 0.233 e. The van der Waals surface area contributed by atoms with Crippen LogP contribution in [0.1, 0.15) is 17.4 Å². The van der Waals surface area contributed by atoms with Crippen molar-refractivity contribution in [3.8, 4) is 0 Å². The Labute approximate surface area is 140 Å². The van der Waals surface area contributed by atoms with Gasteiger partial charge in [-0.3, -0.25) is 9.78 Å². The van der Waals surface area contributed by atoms with Gasteiger partial charge >= 0.3 is 0 Å². The molecule has 0 aliphatic carbocycles. The molecule has 0 bridgehead atoms. The Morgan fingerprint density at radius 2 is 2.39 bits per heavy atom. The molecule has 3 heterocycles. The van der Waals surface area contributed by atoms with Crippen molar-refractivity contribution >= 4 is 17.7 Å². The van der Waals surface area contributed by atoms with Crippen molar-refractivity contribution in [3.05, 3.63) is 48.3 Å². The lowest BCUT2D eigenvalue weighted by Crippen LogP contribution is -2.50. The molecule has 1 unspecified atom stereocenters. The number of carbonyl (C=O) groups excluding carboxylic acids is 1. The van der Waals surface area contributed by atoms with E-state index in [0.29, 0.717) is 5.75 Å². The highest BCUT2D eigenvalue weighted by atomic mass is 32.2. The van der Waals surface area contributed by atoms with Crippen molar-refractivity contribution in [2.24, 2.45) is 7.05 Å². The van der Waals surface area contributed by atoms with E-state index in [0.717, 1.165) is 36.8 Å². The van der Waals surface area contributed by atoms with Crippen LogP contribution >= 0.6 is 11.8 Å². The molecule has 2 aromatic rings. The highest BCUT2D eigenvalue weighted by molar-refractivity contribution is 7.99. The summed E-state index contributed by atoms with van der Waals surface area (Å²) in [6.07, 6.45) is 7.31. The van der Waals surface area contributed by atoms with Crippen LogP contribution in [-0.2, 0) is 17.6 Å². The van der Waals surface area contributed by atoms with Gasteiger partial charge in [0, 0.05) is 57.2 Å². The number of piperazine rings is 1. The fourth-order valence-electron chi connectivity index (χ4n) is 2.75. The van der Waals surface area contributed by atoms with Crippen LogP contribution in [0, 0.1) is 0 Å². The van der Waals surface area contributed by atoms with Crippen LogP contribution < -0.4 is 5.32 Å². The van der Waals surface area contributed by atoms with E-state index in [1.807, 2.05) is 41.0 Å². The Balaban J connectivity index is 1.59. The smallest absolute Gasteiger partial charge is 0.233 e. The standard InChI is InChI=1S/C16H21N5OS/c1-20-7-6-19-16(20)14-10-18-5-8-21(14)15(22)12-23-11-13-3-2-4-17-9-13/h2-4,6-7,9,14,18H,5,8,10-12H2,1H3. The zero-order valence-corrected chi connectivity index (χ0v) is 14.0. The molecule has 1 atom stereocenters. The number of nitrogens with zero attached hydrogens (tertiary/aromatic N) is 4. The van der Waals surface area contributed by atoms with Crippen LogP contribution in [0.5, 0.6) is 0 Å². The third-order valence-electron chi connectivity index (χ3n) is 3.94. The van der Waals surface area contributed by atoms with Gasteiger partial charge in [0.05, 0.1) is 5.75 Å². The van der Waals surface area contributed by atoms with Crippen LogP contribution in [0.25, 0.3) is 0 Å². The van der Waals surface area contributed by atoms with Gasteiger partial charge in [0.1, 0.15) is 11.9 Å². The Kier molecular flexibility index (Phi) is 5.30.